The van der Waals surface area contributed by atoms with Crippen LogP contribution in [0.25, 0.3) is 21.3 Å². The second-order valence-electron chi connectivity index (χ2n) is 8.01. The fourth-order valence-corrected chi connectivity index (χ4v) is 4.94. The molecule has 1 amide bonds. The van der Waals surface area contributed by atoms with Crippen LogP contribution in [0.1, 0.15) is 21.7 Å². The Kier molecular flexibility index (Phi) is 5.75. The number of thiazole rings is 1. The summed E-state index contributed by atoms with van der Waals surface area (Å²) in [6, 6.07) is 28.0. The molecule has 5 nitrogen and oxygen atoms in total. The molecule has 0 aliphatic carbocycles. The minimum absolute atomic E-state index is 0.0600. The molecule has 5 aromatic rings. The summed E-state index contributed by atoms with van der Waals surface area (Å²) in [4.78, 5) is 20.2. The Labute approximate surface area is 196 Å². The second kappa shape index (κ2) is 9.00. The topological polar surface area (TPSA) is 51.0 Å². The molecule has 0 unspecified atom stereocenters. The van der Waals surface area contributed by atoms with Gasteiger partial charge in [0.05, 0.1) is 22.5 Å². The van der Waals surface area contributed by atoms with Gasteiger partial charge in [0.25, 0.3) is 5.91 Å². The van der Waals surface area contributed by atoms with E-state index in [2.05, 4.69) is 17.2 Å². The molecule has 2 heterocycles. The van der Waals surface area contributed by atoms with Gasteiger partial charge in [-0.15, -0.1) is 0 Å². The van der Waals surface area contributed by atoms with Gasteiger partial charge in [-0.25, -0.2) is 4.98 Å². The first-order chi connectivity index (χ1) is 16.1. The average Bonchev–Trinajstić information content (AvgIpc) is 3.41. The quantitative estimate of drug-likeness (QED) is 0.312. The molecular formula is C27H24N4OS. The highest BCUT2D eigenvalue weighted by Crippen LogP contribution is 2.30. The largest absolute Gasteiger partial charge is 0.282 e. The number of hydrogen-bond donors (Lipinski definition) is 0. The van der Waals surface area contributed by atoms with E-state index in [0.29, 0.717) is 23.8 Å². The van der Waals surface area contributed by atoms with Crippen LogP contribution in [0, 0.1) is 13.8 Å². The number of anilines is 1. The molecule has 2 aromatic heterocycles. The molecule has 0 bridgehead atoms. The SMILES string of the molecule is Cc1cc(C)n(CCN(C(=O)c2ccc(-c3ccccc3)cc2)c2nc3ccccc3s2)n1. The van der Waals surface area contributed by atoms with Gasteiger partial charge in [-0.3, -0.25) is 14.4 Å². The van der Waals surface area contributed by atoms with E-state index in [-0.39, 0.29) is 5.91 Å². The lowest BCUT2D eigenvalue weighted by atomic mass is 10.0. The van der Waals surface area contributed by atoms with Crippen LogP contribution in [0.15, 0.2) is 84.9 Å². The molecule has 3 aromatic carbocycles. The molecule has 5 rings (SSSR count). The van der Waals surface area contributed by atoms with E-state index in [0.717, 1.165) is 32.7 Å². The Balaban J connectivity index is 1.46. The van der Waals surface area contributed by atoms with Gasteiger partial charge < -0.3 is 0 Å². The van der Waals surface area contributed by atoms with Crippen molar-refractivity contribution >= 4 is 32.6 Å². The Morgan fingerprint density at radius 3 is 2.30 bits per heavy atom. The van der Waals surface area contributed by atoms with Crippen molar-refractivity contribution in [2.75, 3.05) is 11.4 Å². The zero-order valence-corrected chi connectivity index (χ0v) is 19.4. The molecule has 0 radical (unpaired) electrons. The number of nitrogens with zero attached hydrogens (tertiary/aromatic N) is 4. The molecule has 164 valence electrons. The van der Waals surface area contributed by atoms with E-state index in [1.165, 1.54) is 11.3 Å². The highest BCUT2D eigenvalue weighted by atomic mass is 32.1. The number of carbonyl (C=O) groups is 1. The van der Waals surface area contributed by atoms with Crippen molar-refractivity contribution in [3.05, 3.63) is 102 Å². The van der Waals surface area contributed by atoms with Crippen molar-refractivity contribution in [2.45, 2.75) is 20.4 Å². The first-order valence-electron chi connectivity index (χ1n) is 10.9. The molecule has 0 fully saturated rings. The number of amides is 1. The van der Waals surface area contributed by atoms with Gasteiger partial charge in [-0.1, -0.05) is 65.9 Å². The highest BCUT2D eigenvalue weighted by molar-refractivity contribution is 7.22. The van der Waals surface area contributed by atoms with E-state index in [1.54, 1.807) is 4.90 Å². The van der Waals surface area contributed by atoms with Crippen LogP contribution in [0.2, 0.25) is 0 Å². The molecule has 0 saturated heterocycles. The number of carbonyl (C=O) groups excluding carboxylic acids is 1. The minimum atomic E-state index is -0.0600. The van der Waals surface area contributed by atoms with E-state index >= 15 is 0 Å². The van der Waals surface area contributed by atoms with Crippen molar-refractivity contribution in [1.29, 1.82) is 0 Å². The van der Waals surface area contributed by atoms with Gasteiger partial charge in [0.2, 0.25) is 0 Å². The van der Waals surface area contributed by atoms with Crippen molar-refractivity contribution in [2.24, 2.45) is 0 Å². The maximum atomic E-state index is 13.6. The fourth-order valence-electron chi connectivity index (χ4n) is 3.95. The predicted octanol–water partition coefficient (Wildman–Crippen LogP) is 6.12. The Morgan fingerprint density at radius 2 is 1.61 bits per heavy atom. The normalized spacial score (nSPS) is 11.1. The second-order valence-corrected chi connectivity index (χ2v) is 9.02. The zero-order valence-electron chi connectivity index (χ0n) is 18.6. The Bertz CT molecular complexity index is 1370. The molecule has 0 aliphatic rings. The van der Waals surface area contributed by atoms with E-state index in [4.69, 9.17) is 4.98 Å². The predicted molar refractivity (Wildman–Crippen MR) is 135 cm³/mol. The summed E-state index contributed by atoms with van der Waals surface area (Å²) in [5, 5.41) is 5.26. The van der Waals surface area contributed by atoms with Crippen LogP contribution < -0.4 is 4.90 Å². The van der Waals surface area contributed by atoms with Crippen molar-refractivity contribution in [3.8, 4) is 11.1 Å². The zero-order chi connectivity index (χ0) is 22.8. The molecule has 0 spiro atoms. The number of para-hydroxylation sites is 1. The summed E-state index contributed by atoms with van der Waals surface area (Å²) in [6.45, 7) is 5.10. The number of benzene rings is 3. The third-order valence-electron chi connectivity index (χ3n) is 5.64. The summed E-state index contributed by atoms with van der Waals surface area (Å²) in [6.07, 6.45) is 0. The molecule has 6 heteroatoms. The number of aromatic nitrogens is 3. The van der Waals surface area contributed by atoms with E-state index in [1.807, 2.05) is 91.3 Å². The first kappa shape index (κ1) is 21.1. The summed E-state index contributed by atoms with van der Waals surface area (Å²) < 4.78 is 3.01. The first-order valence-corrected chi connectivity index (χ1v) is 11.7. The monoisotopic (exact) mass is 452 g/mol. The summed E-state index contributed by atoms with van der Waals surface area (Å²) in [5.41, 5.74) is 5.81. The number of rotatable bonds is 6. The molecule has 0 aliphatic heterocycles. The Hall–Kier alpha value is -3.77. The standard InChI is InChI=1S/C27H24N4OS/c1-19-18-20(2)31(29-19)17-16-30(27-28-24-10-6-7-11-25(24)33-27)26(32)23-14-12-22(13-15-23)21-8-4-3-5-9-21/h3-15,18H,16-17H2,1-2H3. The van der Waals surface area contributed by atoms with Crippen LogP contribution in [0.4, 0.5) is 5.13 Å². The van der Waals surface area contributed by atoms with Crippen LogP contribution in [0.5, 0.6) is 0 Å². The molecular weight excluding hydrogens is 428 g/mol. The minimum Gasteiger partial charge on any atom is -0.282 e. The smallest absolute Gasteiger partial charge is 0.260 e. The lowest BCUT2D eigenvalue weighted by Gasteiger charge is -2.20. The van der Waals surface area contributed by atoms with Gasteiger partial charge in [-0.2, -0.15) is 5.10 Å². The number of hydrogen-bond acceptors (Lipinski definition) is 4. The van der Waals surface area contributed by atoms with Gasteiger partial charge in [0.15, 0.2) is 5.13 Å². The van der Waals surface area contributed by atoms with Crippen LogP contribution in [0.3, 0.4) is 0 Å². The van der Waals surface area contributed by atoms with Gasteiger partial charge in [-0.05, 0) is 55.3 Å². The van der Waals surface area contributed by atoms with Crippen LogP contribution in [-0.2, 0) is 6.54 Å². The fraction of sp³-hybridized carbons (Fsp3) is 0.148. The van der Waals surface area contributed by atoms with Crippen molar-refractivity contribution in [1.82, 2.24) is 14.8 Å². The van der Waals surface area contributed by atoms with Gasteiger partial charge >= 0.3 is 0 Å². The van der Waals surface area contributed by atoms with Crippen LogP contribution in [-0.4, -0.2) is 27.2 Å². The number of fused-ring (bicyclic) bond motifs is 1. The van der Waals surface area contributed by atoms with Gasteiger partial charge in [0, 0.05) is 17.8 Å². The molecule has 33 heavy (non-hydrogen) atoms. The van der Waals surface area contributed by atoms with E-state index in [9.17, 15) is 4.79 Å². The maximum Gasteiger partial charge on any atom is 0.260 e. The maximum absolute atomic E-state index is 13.6. The third kappa shape index (κ3) is 4.43. The Morgan fingerprint density at radius 1 is 0.909 bits per heavy atom. The molecule has 0 N–H and O–H groups in total. The van der Waals surface area contributed by atoms with Gasteiger partial charge in [0.1, 0.15) is 0 Å². The van der Waals surface area contributed by atoms with Crippen LogP contribution >= 0.6 is 11.3 Å². The lowest BCUT2D eigenvalue weighted by molar-refractivity contribution is 0.0985. The molecule has 0 saturated carbocycles. The lowest BCUT2D eigenvalue weighted by Crippen LogP contribution is -2.34. The van der Waals surface area contributed by atoms with Crippen molar-refractivity contribution in [3.63, 3.8) is 0 Å². The average molecular weight is 453 g/mol. The van der Waals surface area contributed by atoms with Crippen molar-refractivity contribution < 1.29 is 4.79 Å². The third-order valence-corrected chi connectivity index (χ3v) is 6.70. The summed E-state index contributed by atoms with van der Waals surface area (Å²) in [5.74, 6) is -0.0600. The molecule has 0 atom stereocenters. The highest BCUT2D eigenvalue weighted by Gasteiger charge is 2.22. The van der Waals surface area contributed by atoms with E-state index < -0.39 is 0 Å². The summed E-state index contributed by atoms with van der Waals surface area (Å²) >= 11 is 1.54. The summed E-state index contributed by atoms with van der Waals surface area (Å²) in [7, 11) is 0. The number of aryl methyl sites for hydroxylation is 2.